The molecule has 0 aliphatic rings. The summed E-state index contributed by atoms with van der Waals surface area (Å²) in [6.07, 6.45) is 1.77. The number of aromatic nitrogens is 1. The highest BCUT2D eigenvalue weighted by atomic mass is 14.7. The SMILES string of the molecule is C=C(N)c1ccc(C)cn1. The van der Waals surface area contributed by atoms with E-state index in [2.05, 4.69) is 11.6 Å². The van der Waals surface area contributed by atoms with Crippen molar-refractivity contribution in [1.29, 1.82) is 0 Å². The Morgan fingerprint density at radius 1 is 1.60 bits per heavy atom. The molecule has 0 amide bonds. The fourth-order valence-electron chi connectivity index (χ4n) is 0.658. The number of nitrogens with two attached hydrogens (primary N) is 1. The van der Waals surface area contributed by atoms with Crippen LogP contribution in [0, 0.1) is 6.92 Å². The van der Waals surface area contributed by atoms with Crippen molar-refractivity contribution in [1.82, 2.24) is 4.98 Å². The van der Waals surface area contributed by atoms with E-state index in [1.54, 1.807) is 6.20 Å². The van der Waals surface area contributed by atoms with Crippen molar-refractivity contribution >= 4 is 5.70 Å². The van der Waals surface area contributed by atoms with Gasteiger partial charge in [-0.3, -0.25) is 4.98 Å². The molecule has 0 saturated carbocycles. The summed E-state index contributed by atoms with van der Waals surface area (Å²) in [5.74, 6) is 0. The number of hydrogen-bond donors (Lipinski definition) is 1. The molecule has 0 aliphatic carbocycles. The largest absolute Gasteiger partial charge is 0.397 e. The Kier molecular flexibility index (Phi) is 1.71. The predicted octanol–water partition coefficient (Wildman–Crippen LogP) is 1.32. The fraction of sp³-hybridized carbons (Fsp3) is 0.125. The molecule has 1 aromatic heterocycles. The predicted molar refractivity (Wildman–Crippen MR) is 42.2 cm³/mol. The van der Waals surface area contributed by atoms with Gasteiger partial charge in [-0.15, -0.1) is 0 Å². The topological polar surface area (TPSA) is 38.9 Å². The van der Waals surface area contributed by atoms with Gasteiger partial charge in [-0.1, -0.05) is 12.6 Å². The van der Waals surface area contributed by atoms with Crippen LogP contribution in [0.3, 0.4) is 0 Å². The zero-order chi connectivity index (χ0) is 7.56. The molecule has 0 spiro atoms. The number of pyridine rings is 1. The van der Waals surface area contributed by atoms with Gasteiger partial charge in [-0.05, 0) is 18.6 Å². The molecule has 0 radical (unpaired) electrons. The molecular formula is C8H10N2. The van der Waals surface area contributed by atoms with Gasteiger partial charge in [-0.2, -0.15) is 0 Å². The standard InChI is InChI=1S/C8H10N2/c1-6-3-4-8(7(2)9)10-5-6/h3-5H,2,9H2,1H3. The van der Waals surface area contributed by atoms with Crippen molar-refractivity contribution < 1.29 is 0 Å². The van der Waals surface area contributed by atoms with Gasteiger partial charge < -0.3 is 5.73 Å². The zero-order valence-corrected chi connectivity index (χ0v) is 5.96. The molecule has 0 saturated heterocycles. The summed E-state index contributed by atoms with van der Waals surface area (Å²) >= 11 is 0. The summed E-state index contributed by atoms with van der Waals surface area (Å²) in [5, 5.41) is 0. The Morgan fingerprint density at radius 2 is 2.30 bits per heavy atom. The van der Waals surface area contributed by atoms with Crippen LogP contribution in [0.4, 0.5) is 0 Å². The Labute approximate surface area is 60.4 Å². The molecule has 2 heteroatoms. The average molecular weight is 134 g/mol. The van der Waals surface area contributed by atoms with Crippen molar-refractivity contribution in [2.75, 3.05) is 0 Å². The van der Waals surface area contributed by atoms with Gasteiger partial charge in [0.25, 0.3) is 0 Å². The van der Waals surface area contributed by atoms with Crippen molar-refractivity contribution in [3.8, 4) is 0 Å². The highest BCUT2D eigenvalue weighted by Crippen LogP contribution is 2.02. The number of nitrogens with zero attached hydrogens (tertiary/aromatic N) is 1. The normalized spacial score (nSPS) is 9.30. The second kappa shape index (κ2) is 2.52. The minimum Gasteiger partial charge on any atom is -0.397 e. The summed E-state index contributed by atoms with van der Waals surface area (Å²) in [6.45, 7) is 5.55. The van der Waals surface area contributed by atoms with Crippen LogP contribution in [0.15, 0.2) is 24.9 Å². The molecule has 10 heavy (non-hydrogen) atoms. The van der Waals surface area contributed by atoms with Crippen LogP contribution in [0.2, 0.25) is 0 Å². The van der Waals surface area contributed by atoms with Gasteiger partial charge >= 0.3 is 0 Å². The maximum absolute atomic E-state index is 5.41. The van der Waals surface area contributed by atoms with Gasteiger partial charge in [-0.25, -0.2) is 0 Å². The first-order valence-electron chi connectivity index (χ1n) is 3.07. The molecule has 0 aromatic carbocycles. The van der Waals surface area contributed by atoms with E-state index < -0.39 is 0 Å². The second-order valence-corrected chi connectivity index (χ2v) is 2.25. The van der Waals surface area contributed by atoms with Gasteiger partial charge in [0.15, 0.2) is 0 Å². The lowest BCUT2D eigenvalue weighted by atomic mass is 10.2. The molecule has 0 fully saturated rings. The first kappa shape index (κ1) is 6.81. The summed E-state index contributed by atoms with van der Waals surface area (Å²) in [5.41, 5.74) is 7.81. The molecule has 2 N–H and O–H groups in total. The van der Waals surface area contributed by atoms with Gasteiger partial charge in [0, 0.05) is 6.20 Å². The summed E-state index contributed by atoms with van der Waals surface area (Å²) < 4.78 is 0. The maximum atomic E-state index is 5.41. The zero-order valence-electron chi connectivity index (χ0n) is 5.96. The number of aryl methyl sites for hydroxylation is 1. The third kappa shape index (κ3) is 1.35. The number of hydrogen-bond acceptors (Lipinski definition) is 2. The second-order valence-electron chi connectivity index (χ2n) is 2.25. The Morgan fingerprint density at radius 3 is 2.70 bits per heavy atom. The summed E-state index contributed by atoms with van der Waals surface area (Å²) in [4.78, 5) is 4.05. The van der Waals surface area contributed by atoms with Crippen LogP contribution in [-0.4, -0.2) is 4.98 Å². The van der Waals surface area contributed by atoms with Crippen molar-refractivity contribution in [3.63, 3.8) is 0 Å². The van der Waals surface area contributed by atoms with Gasteiger partial charge in [0.2, 0.25) is 0 Å². The molecule has 1 heterocycles. The van der Waals surface area contributed by atoms with E-state index in [0.717, 1.165) is 11.3 Å². The lowest BCUT2D eigenvalue weighted by molar-refractivity contribution is 1.22. The quantitative estimate of drug-likeness (QED) is 0.629. The van der Waals surface area contributed by atoms with Crippen LogP contribution in [0.25, 0.3) is 5.70 Å². The lowest BCUT2D eigenvalue weighted by Gasteiger charge is -1.96. The van der Waals surface area contributed by atoms with E-state index in [4.69, 9.17) is 5.73 Å². The molecular weight excluding hydrogens is 124 g/mol. The van der Waals surface area contributed by atoms with Crippen molar-refractivity contribution in [3.05, 3.63) is 36.2 Å². The van der Waals surface area contributed by atoms with Gasteiger partial charge in [0.1, 0.15) is 0 Å². The van der Waals surface area contributed by atoms with Gasteiger partial charge in [0.05, 0.1) is 11.4 Å². The fourth-order valence-corrected chi connectivity index (χ4v) is 0.658. The van der Waals surface area contributed by atoms with Crippen LogP contribution < -0.4 is 5.73 Å². The summed E-state index contributed by atoms with van der Waals surface area (Å²) in [6, 6.07) is 3.82. The molecule has 0 unspecified atom stereocenters. The van der Waals surface area contributed by atoms with E-state index in [1.165, 1.54) is 0 Å². The van der Waals surface area contributed by atoms with E-state index in [0.29, 0.717) is 5.70 Å². The molecule has 0 aliphatic heterocycles. The smallest absolute Gasteiger partial charge is 0.0852 e. The molecule has 1 rings (SSSR count). The van der Waals surface area contributed by atoms with Crippen LogP contribution in [0.5, 0.6) is 0 Å². The molecule has 2 nitrogen and oxygen atoms in total. The van der Waals surface area contributed by atoms with Crippen LogP contribution >= 0.6 is 0 Å². The first-order chi connectivity index (χ1) is 4.70. The Balaban J connectivity index is 3.00. The Hall–Kier alpha value is -1.31. The lowest BCUT2D eigenvalue weighted by Crippen LogP contribution is -1.96. The highest BCUT2D eigenvalue weighted by molar-refractivity contribution is 5.56. The van der Waals surface area contributed by atoms with Crippen LogP contribution in [-0.2, 0) is 0 Å². The highest BCUT2D eigenvalue weighted by Gasteiger charge is 1.91. The third-order valence-corrected chi connectivity index (χ3v) is 1.24. The van der Waals surface area contributed by atoms with Crippen molar-refractivity contribution in [2.24, 2.45) is 5.73 Å². The maximum Gasteiger partial charge on any atom is 0.0852 e. The molecule has 1 aromatic rings. The average Bonchev–Trinajstić information content (AvgIpc) is 1.88. The molecule has 0 bridgehead atoms. The van der Waals surface area contributed by atoms with E-state index in [1.807, 2.05) is 19.1 Å². The van der Waals surface area contributed by atoms with E-state index >= 15 is 0 Å². The first-order valence-corrected chi connectivity index (χ1v) is 3.07. The minimum absolute atomic E-state index is 0.514. The third-order valence-electron chi connectivity index (χ3n) is 1.24. The molecule has 0 atom stereocenters. The van der Waals surface area contributed by atoms with E-state index in [-0.39, 0.29) is 0 Å². The van der Waals surface area contributed by atoms with E-state index in [9.17, 15) is 0 Å². The monoisotopic (exact) mass is 134 g/mol. The number of rotatable bonds is 1. The van der Waals surface area contributed by atoms with Crippen LogP contribution in [0.1, 0.15) is 11.3 Å². The molecule has 52 valence electrons. The van der Waals surface area contributed by atoms with Crippen molar-refractivity contribution in [2.45, 2.75) is 6.92 Å². The Bertz CT molecular complexity index is 236. The minimum atomic E-state index is 0.514. The summed E-state index contributed by atoms with van der Waals surface area (Å²) in [7, 11) is 0.